The molecular weight excluding hydrogens is 326 g/mol. The molecule has 1 amide bonds. The van der Waals surface area contributed by atoms with Gasteiger partial charge < -0.3 is 9.80 Å². The summed E-state index contributed by atoms with van der Waals surface area (Å²) in [7, 11) is 4.24. The molecule has 1 atom stereocenters. The van der Waals surface area contributed by atoms with E-state index in [1.54, 1.807) is 18.6 Å². The van der Waals surface area contributed by atoms with E-state index in [1.165, 1.54) is 0 Å². The summed E-state index contributed by atoms with van der Waals surface area (Å²) < 4.78 is 0. The van der Waals surface area contributed by atoms with Gasteiger partial charge in [0.25, 0.3) is 5.91 Å². The molecule has 0 spiro atoms. The summed E-state index contributed by atoms with van der Waals surface area (Å²) in [5.41, 5.74) is 2.16. The Kier molecular flexibility index (Phi) is 5.61. The quantitative estimate of drug-likeness (QED) is 0.846. The zero-order valence-corrected chi connectivity index (χ0v) is 16.0. The average Bonchev–Trinajstić information content (AvgIpc) is 2.67. The fourth-order valence-corrected chi connectivity index (χ4v) is 3.49. The number of piperidine rings is 1. The van der Waals surface area contributed by atoms with E-state index >= 15 is 0 Å². The molecule has 6 nitrogen and oxygen atoms in total. The summed E-state index contributed by atoms with van der Waals surface area (Å²) in [5, 5.41) is 0. The van der Waals surface area contributed by atoms with E-state index in [2.05, 4.69) is 40.9 Å². The molecule has 138 valence electrons. The molecule has 0 N–H and O–H groups in total. The first-order valence-electron chi connectivity index (χ1n) is 9.17. The van der Waals surface area contributed by atoms with Gasteiger partial charge in [-0.3, -0.25) is 9.78 Å². The highest BCUT2D eigenvalue weighted by Crippen LogP contribution is 2.24. The Morgan fingerprint density at radius 2 is 2.00 bits per heavy atom. The number of carbonyl (C=O) groups excluding carboxylic acids is 1. The van der Waals surface area contributed by atoms with Crippen LogP contribution in [-0.2, 0) is 0 Å². The van der Waals surface area contributed by atoms with E-state index in [0.717, 1.165) is 31.5 Å². The van der Waals surface area contributed by atoms with Crippen molar-refractivity contribution in [1.82, 2.24) is 24.8 Å². The summed E-state index contributed by atoms with van der Waals surface area (Å²) in [6, 6.07) is 4.31. The lowest BCUT2D eigenvalue weighted by atomic mass is 9.89. The lowest BCUT2D eigenvalue weighted by Gasteiger charge is -2.37. The minimum absolute atomic E-state index is 0.0381. The van der Waals surface area contributed by atoms with Crippen LogP contribution in [-0.4, -0.2) is 63.9 Å². The fraction of sp³-hybridized carbons (Fsp3) is 0.500. The molecule has 1 aliphatic heterocycles. The Morgan fingerprint density at radius 1 is 1.27 bits per heavy atom. The molecular formula is C20H27N5O. The fourth-order valence-electron chi connectivity index (χ4n) is 3.49. The van der Waals surface area contributed by atoms with Crippen molar-refractivity contribution in [2.24, 2.45) is 5.92 Å². The lowest BCUT2D eigenvalue weighted by Crippen LogP contribution is -2.44. The number of likely N-dealkylation sites (tertiary alicyclic amines) is 1. The van der Waals surface area contributed by atoms with Crippen molar-refractivity contribution in [2.45, 2.75) is 32.7 Å². The third kappa shape index (κ3) is 3.90. The molecule has 1 saturated heterocycles. The second-order valence-corrected chi connectivity index (χ2v) is 7.27. The molecule has 1 fully saturated rings. The molecule has 0 aromatic carbocycles. The third-order valence-electron chi connectivity index (χ3n) is 5.45. The van der Waals surface area contributed by atoms with Gasteiger partial charge in [-0.05, 0) is 58.8 Å². The van der Waals surface area contributed by atoms with Crippen molar-refractivity contribution in [3.8, 4) is 11.4 Å². The van der Waals surface area contributed by atoms with Crippen molar-refractivity contribution in [3.63, 3.8) is 0 Å². The SMILES string of the molecule is Cc1nc(-c2cccnc2)ncc1C(=O)N1CCC([C@@H](C)N(C)C)CC1. The van der Waals surface area contributed by atoms with E-state index in [9.17, 15) is 4.79 Å². The first-order chi connectivity index (χ1) is 12.5. The minimum atomic E-state index is 0.0381. The number of rotatable bonds is 4. The maximum absolute atomic E-state index is 12.9. The van der Waals surface area contributed by atoms with Gasteiger partial charge >= 0.3 is 0 Å². The third-order valence-corrected chi connectivity index (χ3v) is 5.45. The molecule has 3 rings (SSSR count). The van der Waals surface area contributed by atoms with Crippen LogP contribution in [0, 0.1) is 12.8 Å². The normalized spacial score (nSPS) is 16.7. The van der Waals surface area contributed by atoms with Gasteiger partial charge in [-0.25, -0.2) is 9.97 Å². The Bertz CT molecular complexity index is 754. The number of carbonyl (C=O) groups is 1. The maximum atomic E-state index is 12.9. The minimum Gasteiger partial charge on any atom is -0.339 e. The Balaban J connectivity index is 1.69. The van der Waals surface area contributed by atoms with Crippen molar-refractivity contribution >= 4 is 5.91 Å². The van der Waals surface area contributed by atoms with Crippen LogP contribution >= 0.6 is 0 Å². The summed E-state index contributed by atoms with van der Waals surface area (Å²) in [5.74, 6) is 1.28. The van der Waals surface area contributed by atoms with Gasteiger partial charge in [-0.15, -0.1) is 0 Å². The van der Waals surface area contributed by atoms with Gasteiger partial charge in [-0.2, -0.15) is 0 Å². The number of aromatic nitrogens is 3. The number of nitrogens with zero attached hydrogens (tertiary/aromatic N) is 5. The first kappa shape index (κ1) is 18.5. The first-order valence-corrected chi connectivity index (χ1v) is 9.17. The highest BCUT2D eigenvalue weighted by atomic mass is 16.2. The zero-order chi connectivity index (χ0) is 18.7. The van der Waals surface area contributed by atoms with Gasteiger partial charge in [0.15, 0.2) is 5.82 Å². The van der Waals surface area contributed by atoms with Crippen LogP contribution < -0.4 is 0 Å². The molecule has 0 radical (unpaired) electrons. The van der Waals surface area contributed by atoms with Crippen LogP contribution in [0.25, 0.3) is 11.4 Å². The van der Waals surface area contributed by atoms with Gasteiger partial charge in [0.2, 0.25) is 0 Å². The number of hydrogen-bond acceptors (Lipinski definition) is 5. The standard InChI is InChI=1S/C20H27N5O/c1-14-18(13-22-19(23-14)17-6-5-9-21-12-17)20(26)25-10-7-16(8-11-25)15(2)24(3)4/h5-6,9,12-13,15-16H,7-8,10-11H2,1-4H3/t15-/m1/s1. The predicted octanol–water partition coefficient (Wildman–Crippen LogP) is 2.65. The van der Waals surface area contributed by atoms with Crippen LogP contribution in [0.2, 0.25) is 0 Å². The monoisotopic (exact) mass is 353 g/mol. The molecule has 3 heterocycles. The van der Waals surface area contributed by atoms with Crippen LogP contribution in [0.5, 0.6) is 0 Å². The lowest BCUT2D eigenvalue weighted by molar-refractivity contribution is 0.0639. The molecule has 2 aromatic rings. The second kappa shape index (κ2) is 7.91. The summed E-state index contributed by atoms with van der Waals surface area (Å²) >= 11 is 0. The average molecular weight is 353 g/mol. The van der Waals surface area contributed by atoms with Gasteiger partial charge in [0.05, 0.1) is 11.3 Å². The Hall–Kier alpha value is -2.34. The maximum Gasteiger partial charge on any atom is 0.257 e. The van der Waals surface area contributed by atoms with E-state index in [1.807, 2.05) is 24.0 Å². The van der Waals surface area contributed by atoms with Gasteiger partial charge in [-0.1, -0.05) is 0 Å². The molecule has 1 aliphatic rings. The topological polar surface area (TPSA) is 62.2 Å². The Labute approximate surface area is 155 Å². The van der Waals surface area contributed by atoms with Crippen molar-refractivity contribution in [3.05, 3.63) is 42.0 Å². The van der Waals surface area contributed by atoms with Crippen LogP contribution in [0.4, 0.5) is 0 Å². The largest absolute Gasteiger partial charge is 0.339 e. The van der Waals surface area contributed by atoms with Crippen molar-refractivity contribution < 1.29 is 4.79 Å². The van der Waals surface area contributed by atoms with E-state index < -0.39 is 0 Å². The van der Waals surface area contributed by atoms with Gasteiger partial charge in [0, 0.05) is 43.3 Å². The summed E-state index contributed by atoms with van der Waals surface area (Å²) in [6.45, 7) is 5.73. The highest BCUT2D eigenvalue weighted by Gasteiger charge is 2.28. The van der Waals surface area contributed by atoms with Crippen LogP contribution in [0.1, 0.15) is 35.8 Å². The smallest absolute Gasteiger partial charge is 0.257 e. The molecule has 0 aliphatic carbocycles. The molecule has 2 aromatic heterocycles. The number of amides is 1. The summed E-state index contributed by atoms with van der Waals surface area (Å²) in [6.07, 6.45) is 7.18. The van der Waals surface area contributed by atoms with Crippen molar-refractivity contribution in [2.75, 3.05) is 27.2 Å². The summed E-state index contributed by atoms with van der Waals surface area (Å²) in [4.78, 5) is 30.1. The van der Waals surface area contributed by atoms with Crippen LogP contribution in [0.3, 0.4) is 0 Å². The van der Waals surface area contributed by atoms with Crippen LogP contribution in [0.15, 0.2) is 30.7 Å². The predicted molar refractivity (Wildman–Crippen MR) is 102 cm³/mol. The van der Waals surface area contributed by atoms with E-state index in [4.69, 9.17) is 0 Å². The van der Waals surface area contributed by atoms with E-state index in [0.29, 0.717) is 29.0 Å². The number of hydrogen-bond donors (Lipinski definition) is 0. The van der Waals surface area contributed by atoms with E-state index in [-0.39, 0.29) is 5.91 Å². The number of pyridine rings is 1. The zero-order valence-electron chi connectivity index (χ0n) is 16.0. The molecule has 6 heteroatoms. The molecule has 26 heavy (non-hydrogen) atoms. The number of aryl methyl sites for hydroxylation is 1. The Morgan fingerprint density at radius 3 is 2.58 bits per heavy atom. The molecule has 0 saturated carbocycles. The molecule has 0 bridgehead atoms. The van der Waals surface area contributed by atoms with Gasteiger partial charge in [0.1, 0.15) is 0 Å². The molecule has 0 unspecified atom stereocenters. The second-order valence-electron chi connectivity index (χ2n) is 7.27. The highest BCUT2D eigenvalue weighted by molar-refractivity contribution is 5.95. The van der Waals surface area contributed by atoms with Crippen molar-refractivity contribution in [1.29, 1.82) is 0 Å².